The van der Waals surface area contributed by atoms with Gasteiger partial charge in [0.05, 0.1) is 17.6 Å². The van der Waals surface area contributed by atoms with Gasteiger partial charge in [-0.05, 0) is 40.5 Å². The van der Waals surface area contributed by atoms with Crippen molar-refractivity contribution < 1.29 is 9.53 Å². The molecule has 2 heterocycles. The van der Waals surface area contributed by atoms with Crippen LogP contribution in [0.25, 0.3) is 0 Å². The molecular formula is C16H20BrClN4O2. The molecule has 0 saturated heterocycles. The van der Waals surface area contributed by atoms with Crippen molar-refractivity contribution in [2.24, 2.45) is 0 Å². The van der Waals surface area contributed by atoms with E-state index in [0.29, 0.717) is 12.2 Å². The second-order valence-electron chi connectivity index (χ2n) is 5.55. The molecule has 1 unspecified atom stereocenters. The Morgan fingerprint density at radius 3 is 2.96 bits per heavy atom. The number of aromatic nitrogens is 2. The molecule has 1 amide bonds. The maximum absolute atomic E-state index is 12.5. The van der Waals surface area contributed by atoms with Crippen LogP contribution in [-0.4, -0.2) is 29.8 Å². The molecule has 0 fully saturated rings. The Balaban J connectivity index is 0.00000208. The second kappa shape index (κ2) is 8.00. The number of benzene rings is 1. The third-order valence-corrected chi connectivity index (χ3v) is 4.66. The van der Waals surface area contributed by atoms with Gasteiger partial charge in [0.15, 0.2) is 5.69 Å². The molecule has 3 rings (SSSR count). The molecule has 8 heteroatoms. The number of hydrogen-bond donors (Lipinski definition) is 3. The highest BCUT2D eigenvalue weighted by Gasteiger charge is 2.22. The van der Waals surface area contributed by atoms with Gasteiger partial charge in [0.2, 0.25) is 0 Å². The molecule has 0 saturated carbocycles. The highest BCUT2D eigenvalue weighted by atomic mass is 79.9. The normalized spacial score (nSPS) is 14.3. The minimum Gasteiger partial charge on any atom is -0.496 e. The maximum Gasteiger partial charge on any atom is 0.272 e. The van der Waals surface area contributed by atoms with E-state index in [4.69, 9.17) is 4.74 Å². The number of halogens is 2. The van der Waals surface area contributed by atoms with Gasteiger partial charge in [-0.15, -0.1) is 12.4 Å². The topological polar surface area (TPSA) is 79.0 Å². The average molecular weight is 416 g/mol. The standard InChI is InChI=1S/C16H19BrN4O2.ClH/c1-9(10-3-4-14(23-2)12(17)7-10)19-16(22)15-11-8-18-6-5-13(11)20-21-15;/h3-4,7,9,18H,5-6,8H2,1-2H3,(H,19,22)(H,20,21);1H. The number of methoxy groups -OCH3 is 1. The van der Waals surface area contributed by atoms with Gasteiger partial charge in [-0.1, -0.05) is 6.07 Å². The summed E-state index contributed by atoms with van der Waals surface area (Å²) in [7, 11) is 1.62. The monoisotopic (exact) mass is 414 g/mol. The van der Waals surface area contributed by atoms with E-state index >= 15 is 0 Å². The van der Waals surface area contributed by atoms with Crippen LogP contribution >= 0.6 is 28.3 Å². The van der Waals surface area contributed by atoms with Crippen LogP contribution in [-0.2, 0) is 13.0 Å². The third-order valence-electron chi connectivity index (χ3n) is 4.04. The van der Waals surface area contributed by atoms with Crippen molar-refractivity contribution in [2.75, 3.05) is 13.7 Å². The Labute approximate surface area is 155 Å². The molecule has 1 aliphatic rings. The fraction of sp³-hybridized carbons (Fsp3) is 0.375. The lowest BCUT2D eigenvalue weighted by molar-refractivity contribution is 0.0933. The highest BCUT2D eigenvalue weighted by molar-refractivity contribution is 9.10. The predicted octanol–water partition coefficient (Wildman–Crippen LogP) is 2.74. The van der Waals surface area contributed by atoms with Crippen molar-refractivity contribution in [3.63, 3.8) is 0 Å². The molecule has 24 heavy (non-hydrogen) atoms. The molecular weight excluding hydrogens is 396 g/mol. The number of H-pyrrole nitrogens is 1. The molecule has 1 atom stereocenters. The lowest BCUT2D eigenvalue weighted by atomic mass is 10.1. The summed E-state index contributed by atoms with van der Waals surface area (Å²) in [6, 6.07) is 5.64. The van der Waals surface area contributed by atoms with Crippen LogP contribution in [0.15, 0.2) is 22.7 Å². The summed E-state index contributed by atoms with van der Waals surface area (Å²) < 4.78 is 6.09. The molecule has 0 aliphatic carbocycles. The number of fused-ring (bicyclic) bond motifs is 1. The fourth-order valence-corrected chi connectivity index (χ4v) is 3.27. The van der Waals surface area contributed by atoms with Crippen molar-refractivity contribution in [1.82, 2.24) is 20.8 Å². The van der Waals surface area contributed by atoms with Gasteiger partial charge in [-0.25, -0.2) is 0 Å². The average Bonchev–Trinajstić information content (AvgIpc) is 2.98. The van der Waals surface area contributed by atoms with E-state index in [1.165, 1.54) is 0 Å². The smallest absolute Gasteiger partial charge is 0.272 e. The number of nitrogens with zero attached hydrogens (tertiary/aromatic N) is 1. The number of hydrogen-bond acceptors (Lipinski definition) is 4. The van der Waals surface area contributed by atoms with Crippen LogP contribution in [0.5, 0.6) is 5.75 Å². The lowest BCUT2D eigenvalue weighted by Gasteiger charge is -2.16. The van der Waals surface area contributed by atoms with Gasteiger partial charge in [-0.2, -0.15) is 5.10 Å². The van der Waals surface area contributed by atoms with Crippen LogP contribution in [0.3, 0.4) is 0 Å². The van der Waals surface area contributed by atoms with Crippen molar-refractivity contribution in [2.45, 2.75) is 25.9 Å². The number of carbonyl (C=O) groups is 1. The lowest BCUT2D eigenvalue weighted by Crippen LogP contribution is -2.30. The summed E-state index contributed by atoms with van der Waals surface area (Å²) in [5.41, 5.74) is 3.49. The molecule has 2 aromatic rings. The van der Waals surface area contributed by atoms with Crippen molar-refractivity contribution >= 4 is 34.2 Å². The summed E-state index contributed by atoms with van der Waals surface area (Å²) in [5.74, 6) is 0.602. The van der Waals surface area contributed by atoms with E-state index in [1.54, 1.807) is 7.11 Å². The van der Waals surface area contributed by atoms with Gasteiger partial charge in [-0.3, -0.25) is 9.89 Å². The minimum absolute atomic E-state index is 0. The van der Waals surface area contributed by atoms with Crippen LogP contribution in [0.2, 0.25) is 0 Å². The van der Waals surface area contributed by atoms with Crippen LogP contribution in [0.1, 0.15) is 40.3 Å². The van der Waals surface area contributed by atoms with Gasteiger partial charge < -0.3 is 15.4 Å². The van der Waals surface area contributed by atoms with Crippen LogP contribution < -0.4 is 15.4 Å². The number of amides is 1. The van der Waals surface area contributed by atoms with Crippen LogP contribution in [0, 0.1) is 0 Å². The Kier molecular flexibility index (Phi) is 6.26. The number of carbonyl (C=O) groups excluding carboxylic acids is 1. The molecule has 130 valence electrons. The van der Waals surface area contributed by atoms with E-state index in [9.17, 15) is 4.79 Å². The van der Waals surface area contributed by atoms with E-state index in [0.717, 1.165) is 40.0 Å². The third kappa shape index (κ3) is 3.74. The predicted molar refractivity (Wildman–Crippen MR) is 97.8 cm³/mol. The van der Waals surface area contributed by atoms with Gasteiger partial charge in [0.25, 0.3) is 5.91 Å². The van der Waals surface area contributed by atoms with Gasteiger partial charge >= 0.3 is 0 Å². The van der Waals surface area contributed by atoms with Gasteiger partial charge in [0, 0.05) is 30.8 Å². The summed E-state index contributed by atoms with van der Waals surface area (Å²) in [6.45, 7) is 3.53. The Morgan fingerprint density at radius 1 is 1.46 bits per heavy atom. The Morgan fingerprint density at radius 2 is 2.25 bits per heavy atom. The first-order chi connectivity index (χ1) is 11.1. The zero-order valence-electron chi connectivity index (χ0n) is 13.5. The van der Waals surface area contributed by atoms with E-state index in [-0.39, 0.29) is 24.4 Å². The van der Waals surface area contributed by atoms with Crippen molar-refractivity contribution in [3.8, 4) is 5.75 Å². The van der Waals surface area contributed by atoms with Gasteiger partial charge in [0.1, 0.15) is 5.75 Å². The zero-order chi connectivity index (χ0) is 16.4. The van der Waals surface area contributed by atoms with Crippen LogP contribution in [0.4, 0.5) is 0 Å². The second-order valence-corrected chi connectivity index (χ2v) is 6.40. The summed E-state index contributed by atoms with van der Waals surface area (Å²) >= 11 is 3.47. The molecule has 3 N–H and O–H groups in total. The van der Waals surface area contributed by atoms with Crippen molar-refractivity contribution in [1.29, 1.82) is 0 Å². The largest absolute Gasteiger partial charge is 0.496 e. The molecule has 0 spiro atoms. The number of nitrogens with one attached hydrogen (secondary N) is 3. The van der Waals surface area contributed by atoms with E-state index in [2.05, 4.69) is 36.8 Å². The molecule has 1 aliphatic heterocycles. The molecule has 1 aromatic heterocycles. The minimum atomic E-state index is -0.161. The first-order valence-electron chi connectivity index (χ1n) is 7.51. The SMILES string of the molecule is COc1ccc(C(C)NC(=O)c2n[nH]c3c2CNCC3)cc1Br.Cl. The first kappa shape index (κ1) is 18.8. The summed E-state index contributed by atoms with van der Waals surface area (Å²) in [5, 5.41) is 13.4. The highest BCUT2D eigenvalue weighted by Crippen LogP contribution is 2.28. The molecule has 6 nitrogen and oxygen atoms in total. The van der Waals surface area contributed by atoms with E-state index in [1.807, 2.05) is 25.1 Å². The van der Waals surface area contributed by atoms with E-state index < -0.39 is 0 Å². The summed E-state index contributed by atoms with van der Waals surface area (Å²) in [6.07, 6.45) is 0.872. The fourth-order valence-electron chi connectivity index (χ4n) is 2.71. The number of ether oxygens (including phenoxy) is 1. The van der Waals surface area contributed by atoms with Crippen molar-refractivity contribution in [3.05, 3.63) is 45.2 Å². The summed E-state index contributed by atoms with van der Waals surface area (Å²) in [4.78, 5) is 12.5. The zero-order valence-corrected chi connectivity index (χ0v) is 15.9. The maximum atomic E-state index is 12.5. The number of rotatable bonds is 4. The quantitative estimate of drug-likeness (QED) is 0.717. The molecule has 1 aromatic carbocycles. The Bertz CT molecular complexity index is 735. The number of aromatic amines is 1. The first-order valence-corrected chi connectivity index (χ1v) is 8.30. The molecule has 0 radical (unpaired) electrons. The molecule has 0 bridgehead atoms. The Hall–Kier alpha value is -1.57.